The molecular weight excluding hydrogens is 589 g/mol. The Labute approximate surface area is 237 Å². The molecule has 4 aromatic rings. The molecule has 1 aliphatic heterocycles. The molecule has 2 heterocycles. The van der Waals surface area contributed by atoms with Crippen molar-refractivity contribution < 1.29 is 19.1 Å². The molecule has 11 heteroatoms. The van der Waals surface area contributed by atoms with E-state index in [1.54, 1.807) is 27.9 Å². The van der Waals surface area contributed by atoms with Gasteiger partial charge in [-0.05, 0) is 60.2 Å². The fraction of sp³-hybridized carbons (Fsp3) is 0.214. The minimum atomic E-state index is -0.752. The molecule has 0 saturated carbocycles. The van der Waals surface area contributed by atoms with Gasteiger partial charge < -0.3 is 15.3 Å². The van der Waals surface area contributed by atoms with Gasteiger partial charge in [0.15, 0.2) is 0 Å². The Hall–Kier alpha value is -3.60. The molecular formula is C28H24BrClFN5O3. The normalized spacial score (nSPS) is 14.9. The molecule has 1 atom stereocenters. The van der Waals surface area contributed by atoms with Gasteiger partial charge >= 0.3 is 0 Å². The van der Waals surface area contributed by atoms with Crippen molar-refractivity contribution in [3.63, 3.8) is 0 Å². The minimum Gasteiger partial charge on any atom is -0.386 e. The molecule has 200 valence electrons. The lowest BCUT2D eigenvalue weighted by Crippen LogP contribution is -2.59. The Bertz CT molecular complexity index is 1540. The van der Waals surface area contributed by atoms with E-state index in [2.05, 4.69) is 31.6 Å². The molecule has 0 bridgehead atoms. The monoisotopic (exact) mass is 611 g/mol. The first-order chi connectivity index (χ1) is 18.6. The van der Waals surface area contributed by atoms with Crippen LogP contribution < -0.4 is 5.32 Å². The summed E-state index contributed by atoms with van der Waals surface area (Å²) >= 11 is 9.56. The van der Waals surface area contributed by atoms with Gasteiger partial charge in [-0.2, -0.15) is 0 Å². The summed E-state index contributed by atoms with van der Waals surface area (Å²) in [5.41, 5.74) is 1.87. The summed E-state index contributed by atoms with van der Waals surface area (Å²) in [6.07, 6.45) is 1.04. The van der Waals surface area contributed by atoms with Crippen LogP contribution in [0.4, 0.5) is 10.1 Å². The number of anilines is 1. The topological polar surface area (TPSA) is 100 Å². The molecule has 0 spiro atoms. The Kier molecular flexibility index (Phi) is 7.53. The van der Waals surface area contributed by atoms with E-state index < -0.39 is 23.2 Å². The second kappa shape index (κ2) is 10.9. The maximum Gasteiger partial charge on any atom is 0.256 e. The summed E-state index contributed by atoms with van der Waals surface area (Å²) in [5.74, 6) is -1.20. The molecule has 0 radical (unpaired) electrons. The SMILES string of the molecule is CC1(c2cn(C[C@H](O)c3cccc(Br)c3)nn2)CN(C(=O)c2ccc(Cl)cc2NC(=O)c2ccc(F)cc2)C1. The average molecular weight is 613 g/mol. The number of amides is 2. The van der Waals surface area contributed by atoms with Crippen LogP contribution in [0.2, 0.25) is 5.02 Å². The summed E-state index contributed by atoms with van der Waals surface area (Å²) < 4.78 is 15.7. The first-order valence-electron chi connectivity index (χ1n) is 12.1. The van der Waals surface area contributed by atoms with E-state index in [1.807, 2.05) is 31.2 Å². The molecule has 1 saturated heterocycles. The quantitative estimate of drug-likeness (QED) is 0.298. The Morgan fingerprint density at radius 2 is 1.90 bits per heavy atom. The van der Waals surface area contributed by atoms with Gasteiger partial charge in [-0.1, -0.05) is 51.8 Å². The summed E-state index contributed by atoms with van der Waals surface area (Å²) in [6.45, 7) is 3.03. The smallest absolute Gasteiger partial charge is 0.256 e. The number of carbonyl (C=O) groups is 2. The van der Waals surface area contributed by atoms with Crippen LogP contribution in [-0.4, -0.2) is 49.9 Å². The van der Waals surface area contributed by atoms with Crippen LogP contribution in [0.3, 0.4) is 0 Å². The molecule has 39 heavy (non-hydrogen) atoms. The minimum absolute atomic E-state index is 0.240. The highest BCUT2D eigenvalue weighted by molar-refractivity contribution is 9.10. The second-order valence-corrected chi connectivity index (χ2v) is 11.1. The van der Waals surface area contributed by atoms with Gasteiger partial charge in [-0.25, -0.2) is 9.07 Å². The average Bonchev–Trinajstić information content (AvgIpc) is 3.36. The van der Waals surface area contributed by atoms with Crippen LogP contribution in [0.1, 0.15) is 45.0 Å². The van der Waals surface area contributed by atoms with E-state index in [4.69, 9.17) is 11.6 Å². The van der Waals surface area contributed by atoms with Crippen LogP contribution in [0.25, 0.3) is 0 Å². The molecule has 2 amide bonds. The molecule has 5 rings (SSSR count). The zero-order valence-corrected chi connectivity index (χ0v) is 23.2. The number of rotatable bonds is 7. The highest BCUT2D eigenvalue weighted by Gasteiger charge is 2.45. The van der Waals surface area contributed by atoms with Crippen molar-refractivity contribution in [2.24, 2.45) is 0 Å². The van der Waals surface area contributed by atoms with Crippen molar-refractivity contribution in [1.29, 1.82) is 0 Å². The van der Waals surface area contributed by atoms with Gasteiger partial charge in [0, 0.05) is 39.8 Å². The molecule has 8 nitrogen and oxygen atoms in total. The first kappa shape index (κ1) is 27.0. The van der Waals surface area contributed by atoms with Crippen molar-refractivity contribution in [3.8, 4) is 0 Å². The third-order valence-corrected chi connectivity index (χ3v) is 7.41. The van der Waals surface area contributed by atoms with Crippen molar-refractivity contribution >= 4 is 45.0 Å². The molecule has 1 aliphatic rings. The summed E-state index contributed by atoms with van der Waals surface area (Å²) in [7, 11) is 0. The zero-order chi connectivity index (χ0) is 27.7. The second-order valence-electron chi connectivity index (χ2n) is 9.77. The number of aromatic nitrogens is 3. The van der Waals surface area contributed by atoms with Gasteiger partial charge in [-0.3, -0.25) is 9.59 Å². The van der Waals surface area contributed by atoms with Crippen LogP contribution in [-0.2, 0) is 12.0 Å². The molecule has 3 aromatic carbocycles. The van der Waals surface area contributed by atoms with Crippen LogP contribution in [0.5, 0.6) is 0 Å². The van der Waals surface area contributed by atoms with Crippen molar-refractivity contribution in [2.75, 3.05) is 18.4 Å². The predicted molar refractivity (Wildman–Crippen MR) is 148 cm³/mol. The number of aliphatic hydroxyl groups excluding tert-OH is 1. The Morgan fingerprint density at radius 1 is 1.15 bits per heavy atom. The van der Waals surface area contributed by atoms with E-state index >= 15 is 0 Å². The molecule has 2 N–H and O–H groups in total. The van der Waals surface area contributed by atoms with Gasteiger partial charge in [0.25, 0.3) is 11.8 Å². The number of aliphatic hydroxyl groups is 1. The molecule has 0 aliphatic carbocycles. The number of nitrogens with one attached hydrogen (secondary N) is 1. The Morgan fingerprint density at radius 3 is 2.62 bits per heavy atom. The fourth-order valence-corrected chi connectivity index (χ4v) is 5.12. The number of halogens is 3. The van der Waals surface area contributed by atoms with Crippen LogP contribution in [0.15, 0.2) is 77.4 Å². The van der Waals surface area contributed by atoms with Crippen molar-refractivity contribution in [1.82, 2.24) is 19.9 Å². The maximum atomic E-state index is 13.4. The van der Waals surface area contributed by atoms with Crippen LogP contribution in [0, 0.1) is 5.82 Å². The van der Waals surface area contributed by atoms with Crippen LogP contribution >= 0.6 is 27.5 Å². The Balaban J connectivity index is 1.25. The zero-order valence-electron chi connectivity index (χ0n) is 20.8. The predicted octanol–water partition coefficient (Wildman–Crippen LogP) is 5.23. The highest BCUT2D eigenvalue weighted by Crippen LogP contribution is 2.35. The largest absolute Gasteiger partial charge is 0.386 e. The lowest BCUT2D eigenvalue weighted by Gasteiger charge is -2.47. The van der Waals surface area contributed by atoms with E-state index in [9.17, 15) is 19.1 Å². The number of hydrogen-bond donors (Lipinski definition) is 2. The number of carbonyl (C=O) groups excluding carboxylic acids is 2. The van der Waals surface area contributed by atoms with Gasteiger partial charge in [0.1, 0.15) is 5.82 Å². The lowest BCUT2D eigenvalue weighted by molar-refractivity contribution is 0.0424. The number of likely N-dealkylation sites (tertiary alicyclic amines) is 1. The van der Waals surface area contributed by atoms with E-state index in [1.165, 1.54) is 30.3 Å². The third-order valence-electron chi connectivity index (χ3n) is 6.68. The van der Waals surface area contributed by atoms with Gasteiger partial charge in [0.05, 0.1) is 29.6 Å². The fourth-order valence-electron chi connectivity index (χ4n) is 4.53. The number of hydrogen-bond acceptors (Lipinski definition) is 5. The lowest BCUT2D eigenvalue weighted by atomic mass is 9.79. The maximum absolute atomic E-state index is 13.4. The van der Waals surface area contributed by atoms with E-state index in [0.29, 0.717) is 23.8 Å². The summed E-state index contributed by atoms with van der Waals surface area (Å²) in [6, 6.07) is 17.2. The third kappa shape index (κ3) is 5.88. The van der Waals surface area contributed by atoms with Crippen molar-refractivity contribution in [2.45, 2.75) is 25.0 Å². The van der Waals surface area contributed by atoms with Gasteiger partial charge in [-0.15, -0.1) is 5.10 Å². The molecule has 1 aromatic heterocycles. The highest BCUT2D eigenvalue weighted by atomic mass is 79.9. The standard InChI is InChI=1S/C28H24BrClFN5O3/c1-28(25-14-36(34-33-25)13-24(37)18-3-2-4-19(29)11-18)15-35(16-28)27(39)22-10-7-20(30)12-23(22)32-26(38)17-5-8-21(31)9-6-17/h2-12,14,24,37H,13,15-16H2,1H3,(H,32,38)/t24-/m0/s1. The van der Waals surface area contributed by atoms with Crippen molar-refractivity contribution in [3.05, 3.63) is 111 Å². The summed E-state index contributed by atoms with van der Waals surface area (Å²) in [4.78, 5) is 27.7. The molecule has 0 unspecified atom stereocenters. The van der Waals surface area contributed by atoms with E-state index in [-0.39, 0.29) is 29.3 Å². The number of benzene rings is 3. The number of nitrogens with zero attached hydrogens (tertiary/aromatic N) is 4. The van der Waals surface area contributed by atoms with Gasteiger partial charge in [0.2, 0.25) is 0 Å². The summed E-state index contributed by atoms with van der Waals surface area (Å²) in [5, 5.41) is 22.2. The molecule has 1 fully saturated rings. The first-order valence-corrected chi connectivity index (χ1v) is 13.3. The van der Waals surface area contributed by atoms with E-state index in [0.717, 1.165) is 10.0 Å².